The Balaban J connectivity index is 2.46. The van der Waals surface area contributed by atoms with Crippen LogP contribution in [0.3, 0.4) is 0 Å². The normalized spacial score (nSPS) is 11.5. The van der Waals surface area contributed by atoms with Crippen LogP contribution in [0.5, 0.6) is 23.0 Å². The van der Waals surface area contributed by atoms with E-state index in [4.69, 9.17) is 30.4 Å². The predicted molar refractivity (Wildman–Crippen MR) is 149 cm³/mol. The third kappa shape index (κ3) is 8.57. The number of Topliss-reactive ketones (excluding diaryl/α,β-unsaturated/α-hetero) is 1. The predicted octanol–water partition coefficient (Wildman–Crippen LogP) is 4.47. The third-order valence-corrected chi connectivity index (χ3v) is 5.57. The molecule has 0 aliphatic carbocycles. The second kappa shape index (κ2) is 14.1. The maximum atomic E-state index is 13.6. The van der Waals surface area contributed by atoms with Crippen molar-refractivity contribution in [2.45, 2.75) is 66.6 Å². The largest absolute Gasteiger partial charge is 0.495 e. The molecule has 0 fully saturated rings. The minimum absolute atomic E-state index is 0.0116. The number of nitrogens with zero attached hydrogens (tertiary/aromatic N) is 1. The number of methoxy groups -OCH3 is 1. The van der Waals surface area contributed by atoms with Crippen LogP contribution in [0.4, 0.5) is 5.69 Å². The van der Waals surface area contributed by atoms with Gasteiger partial charge in [0.05, 0.1) is 42.7 Å². The fourth-order valence-corrected chi connectivity index (χ4v) is 3.48. The SMILES string of the molecule is CCC(C)Oc1cc(NC(=O)c2cc(OC(C)C)c(C)cc2OCCCN=C(N)N)c(OC)cc1C(C)=O. The number of benzene rings is 2. The van der Waals surface area contributed by atoms with Crippen LogP contribution >= 0.6 is 0 Å². The number of amides is 1. The number of guanidine groups is 1. The molecule has 38 heavy (non-hydrogen) atoms. The lowest BCUT2D eigenvalue weighted by molar-refractivity contribution is 0.100. The third-order valence-electron chi connectivity index (χ3n) is 5.57. The van der Waals surface area contributed by atoms with Gasteiger partial charge in [-0.15, -0.1) is 0 Å². The molecule has 1 unspecified atom stereocenters. The van der Waals surface area contributed by atoms with Crippen LogP contribution in [0.15, 0.2) is 29.3 Å². The minimum Gasteiger partial charge on any atom is -0.495 e. The zero-order valence-corrected chi connectivity index (χ0v) is 23.3. The van der Waals surface area contributed by atoms with Gasteiger partial charge >= 0.3 is 0 Å². The highest BCUT2D eigenvalue weighted by molar-refractivity contribution is 6.08. The molecular formula is C28H40N4O6. The Kier molecular flexibility index (Phi) is 11.2. The summed E-state index contributed by atoms with van der Waals surface area (Å²) in [6.45, 7) is 11.7. The quantitative estimate of drug-likeness (QED) is 0.141. The molecule has 2 rings (SSSR count). The lowest BCUT2D eigenvalue weighted by atomic mass is 10.1. The monoisotopic (exact) mass is 528 g/mol. The van der Waals surface area contributed by atoms with E-state index in [9.17, 15) is 9.59 Å². The summed E-state index contributed by atoms with van der Waals surface area (Å²) in [5.41, 5.74) is 12.6. The average Bonchev–Trinajstić information content (AvgIpc) is 2.84. The van der Waals surface area contributed by atoms with E-state index in [2.05, 4.69) is 10.3 Å². The summed E-state index contributed by atoms with van der Waals surface area (Å²) in [4.78, 5) is 29.8. The molecule has 0 aromatic heterocycles. The van der Waals surface area contributed by atoms with Crippen molar-refractivity contribution in [1.82, 2.24) is 0 Å². The first kappa shape index (κ1) is 30.3. The Bertz CT molecular complexity index is 1160. The first-order valence-corrected chi connectivity index (χ1v) is 12.7. The molecule has 0 spiro atoms. The molecule has 2 aromatic rings. The van der Waals surface area contributed by atoms with Gasteiger partial charge < -0.3 is 35.7 Å². The molecule has 10 heteroatoms. The number of nitrogens with two attached hydrogens (primary N) is 2. The molecule has 208 valence electrons. The van der Waals surface area contributed by atoms with Crippen LogP contribution in [-0.4, -0.2) is 50.1 Å². The second-order valence-electron chi connectivity index (χ2n) is 9.18. The van der Waals surface area contributed by atoms with E-state index in [1.807, 2.05) is 34.6 Å². The van der Waals surface area contributed by atoms with Crippen LogP contribution in [0.2, 0.25) is 0 Å². The van der Waals surface area contributed by atoms with Crippen molar-refractivity contribution < 1.29 is 28.5 Å². The highest BCUT2D eigenvalue weighted by Gasteiger charge is 2.22. The number of aryl methyl sites for hydroxylation is 1. The lowest BCUT2D eigenvalue weighted by Gasteiger charge is -2.20. The molecular weight excluding hydrogens is 488 g/mol. The fourth-order valence-electron chi connectivity index (χ4n) is 3.48. The van der Waals surface area contributed by atoms with Gasteiger partial charge in [0.2, 0.25) is 0 Å². The topological polar surface area (TPSA) is 147 Å². The van der Waals surface area contributed by atoms with E-state index in [-0.39, 0.29) is 29.5 Å². The maximum Gasteiger partial charge on any atom is 0.259 e. The van der Waals surface area contributed by atoms with Crippen molar-refractivity contribution in [3.8, 4) is 23.0 Å². The van der Waals surface area contributed by atoms with Crippen molar-refractivity contribution in [3.63, 3.8) is 0 Å². The number of ketones is 1. The summed E-state index contributed by atoms with van der Waals surface area (Å²) < 4.78 is 23.3. The number of aliphatic imine (C=N–C) groups is 1. The number of hydrogen-bond donors (Lipinski definition) is 3. The van der Waals surface area contributed by atoms with E-state index < -0.39 is 5.91 Å². The number of nitrogens with one attached hydrogen (secondary N) is 1. The van der Waals surface area contributed by atoms with Crippen LogP contribution in [0.25, 0.3) is 0 Å². The van der Waals surface area contributed by atoms with Crippen LogP contribution in [-0.2, 0) is 0 Å². The molecule has 1 atom stereocenters. The molecule has 0 saturated heterocycles. The number of carbonyl (C=O) groups excluding carboxylic acids is 2. The van der Waals surface area contributed by atoms with Crippen molar-refractivity contribution >= 4 is 23.3 Å². The Labute approximate surface area is 224 Å². The van der Waals surface area contributed by atoms with E-state index in [1.54, 1.807) is 24.3 Å². The molecule has 0 heterocycles. The summed E-state index contributed by atoms with van der Waals surface area (Å²) in [7, 11) is 1.47. The van der Waals surface area contributed by atoms with Gasteiger partial charge in [-0.2, -0.15) is 0 Å². The Morgan fingerprint density at radius 2 is 1.66 bits per heavy atom. The molecule has 10 nitrogen and oxygen atoms in total. The van der Waals surface area contributed by atoms with Crippen LogP contribution < -0.4 is 35.7 Å². The summed E-state index contributed by atoms with van der Waals surface area (Å²) in [6.07, 6.45) is 1.09. The van der Waals surface area contributed by atoms with Gasteiger partial charge in [-0.3, -0.25) is 14.6 Å². The van der Waals surface area contributed by atoms with Crippen molar-refractivity contribution in [3.05, 3.63) is 41.0 Å². The first-order chi connectivity index (χ1) is 18.0. The Morgan fingerprint density at radius 3 is 2.24 bits per heavy atom. The maximum absolute atomic E-state index is 13.6. The zero-order chi connectivity index (χ0) is 28.4. The Hall–Kier alpha value is -3.95. The molecule has 0 bridgehead atoms. The van der Waals surface area contributed by atoms with Crippen molar-refractivity contribution in [2.24, 2.45) is 16.5 Å². The summed E-state index contributed by atoms with van der Waals surface area (Å²) >= 11 is 0. The van der Waals surface area contributed by atoms with Gasteiger partial charge in [-0.1, -0.05) is 6.92 Å². The molecule has 0 aliphatic rings. The Morgan fingerprint density at radius 1 is 0.974 bits per heavy atom. The van der Waals surface area contributed by atoms with E-state index in [0.29, 0.717) is 53.8 Å². The molecule has 2 aromatic carbocycles. The summed E-state index contributed by atoms with van der Waals surface area (Å²) in [5, 5.41) is 2.89. The summed E-state index contributed by atoms with van der Waals surface area (Å²) in [5.74, 6) is 1.04. The average molecular weight is 529 g/mol. The van der Waals surface area contributed by atoms with E-state index in [1.165, 1.54) is 14.0 Å². The smallest absolute Gasteiger partial charge is 0.259 e. The first-order valence-electron chi connectivity index (χ1n) is 12.7. The van der Waals surface area contributed by atoms with Crippen molar-refractivity contribution in [2.75, 3.05) is 25.6 Å². The van der Waals surface area contributed by atoms with Crippen molar-refractivity contribution in [1.29, 1.82) is 0 Å². The fraction of sp³-hybridized carbons (Fsp3) is 0.464. The second-order valence-corrected chi connectivity index (χ2v) is 9.18. The molecule has 5 N–H and O–H groups in total. The van der Waals surface area contributed by atoms with Gasteiger partial charge in [0.15, 0.2) is 11.7 Å². The van der Waals surface area contributed by atoms with Gasteiger partial charge in [0.1, 0.15) is 23.0 Å². The molecule has 0 aliphatic heterocycles. The molecule has 0 radical (unpaired) electrons. The molecule has 1 amide bonds. The lowest BCUT2D eigenvalue weighted by Crippen LogP contribution is -2.23. The standard InChI is InChI=1S/C28H40N4O6/c1-8-18(5)38-25-15-22(26(35-7)13-20(25)19(6)33)32-27(34)21-14-23(37-16(2)3)17(4)12-24(21)36-11-9-10-31-28(29)30/h12-16,18H,8-11H2,1-7H3,(H,32,34)(H4,29,30,31). The number of hydrogen-bond acceptors (Lipinski definition) is 7. The number of carbonyl (C=O) groups is 2. The number of ether oxygens (including phenoxy) is 4. The number of rotatable bonds is 14. The van der Waals surface area contributed by atoms with Gasteiger partial charge in [0, 0.05) is 19.0 Å². The minimum atomic E-state index is -0.443. The van der Waals surface area contributed by atoms with E-state index in [0.717, 1.165) is 12.0 Å². The van der Waals surface area contributed by atoms with E-state index >= 15 is 0 Å². The highest BCUT2D eigenvalue weighted by atomic mass is 16.5. The summed E-state index contributed by atoms with van der Waals surface area (Å²) in [6, 6.07) is 6.60. The zero-order valence-electron chi connectivity index (χ0n) is 23.3. The van der Waals surface area contributed by atoms with Gasteiger partial charge in [-0.25, -0.2) is 0 Å². The van der Waals surface area contributed by atoms with Gasteiger partial charge in [0.25, 0.3) is 5.91 Å². The molecule has 0 saturated carbocycles. The number of anilines is 1. The van der Waals surface area contributed by atoms with Gasteiger partial charge in [-0.05, 0) is 64.8 Å². The van der Waals surface area contributed by atoms with Crippen LogP contribution in [0.1, 0.15) is 73.7 Å². The van der Waals surface area contributed by atoms with Crippen LogP contribution in [0, 0.1) is 6.92 Å². The highest BCUT2D eigenvalue weighted by Crippen LogP contribution is 2.36.